The molecule has 0 spiro atoms. The number of ether oxygens (including phenoxy) is 1. The Morgan fingerprint density at radius 2 is 1.79 bits per heavy atom. The van der Waals surface area contributed by atoms with Crippen molar-refractivity contribution in [1.29, 1.82) is 0 Å². The highest BCUT2D eigenvalue weighted by atomic mass is 35.5. The third-order valence-corrected chi connectivity index (χ3v) is 5.82. The van der Waals surface area contributed by atoms with E-state index in [1.165, 1.54) is 37.6 Å². The molecule has 0 unspecified atom stereocenters. The van der Waals surface area contributed by atoms with E-state index < -0.39 is 23.6 Å². The summed E-state index contributed by atoms with van der Waals surface area (Å²) < 4.78 is 49.5. The molecule has 0 aliphatic carbocycles. The quantitative estimate of drug-likeness (QED) is 0.240. The lowest BCUT2D eigenvalue weighted by Gasteiger charge is -2.13. The molecule has 0 saturated heterocycles. The number of nitrogens with zero attached hydrogens (tertiary/aromatic N) is 4. The van der Waals surface area contributed by atoms with E-state index in [0.29, 0.717) is 22.4 Å². The maximum absolute atomic E-state index is 14.6. The lowest BCUT2D eigenvalue weighted by molar-refractivity contribution is 0.0603. The number of rotatable bonds is 3. The minimum atomic E-state index is -1.27. The van der Waals surface area contributed by atoms with Crippen molar-refractivity contribution in [2.45, 2.75) is 6.92 Å². The smallest absolute Gasteiger partial charge is 0.340 e. The molecular formula is C24H14ClF3N4O2. The lowest BCUT2D eigenvalue weighted by Crippen LogP contribution is -2.04. The molecule has 3 aromatic heterocycles. The van der Waals surface area contributed by atoms with E-state index in [2.05, 4.69) is 15.0 Å². The Balaban J connectivity index is 1.91. The number of hydrogen-bond donors (Lipinski definition) is 0. The summed E-state index contributed by atoms with van der Waals surface area (Å²) in [5.41, 5.74) is 1.28. The zero-order chi connectivity index (χ0) is 24.1. The van der Waals surface area contributed by atoms with Crippen molar-refractivity contribution >= 4 is 39.5 Å². The number of aryl methyl sites for hydroxylation is 1. The van der Waals surface area contributed by atoms with Gasteiger partial charge < -0.3 is 4.74 Å². The van der Waals surface area contributed by atoms with Crippen LogP contribution in [0.4, 0.5) is 13.2 Å². The highest BCUT2D eigenvalue weighted by molar-refractivity contribution is 6.36. The predicted octanol–water partition coefficient (Wildman–Crippen LogP) is 5.80. The van der Waals surface area contributed by atoms with Gasteiger partial charge >= 0.3 is 5.97 Å². The molecule has 5 aromatic rings. The van der Waals surface area contributed by atoms with Gasteiger partial charge in [-0.25, -0.2) is 23.5 Å². The first-order valence-corrected chi connectivity index (χ1v) is 10.3. The molecule has 0 aliphatic rings. The van der Waals surface area contributed by atoms with Gasteiger partial charge in [0.1, 0.15) is 22.7 Å². The molecule has 0 N–H and O–H groups in total. The monoisotopic (exact) mass is 482 g/mol. The van der Waals surface area contributed by atoms with Crippen LogP contribution in [-0.4, -0.2) is 32.6 Å². The molecule has 34 heavy (non-hydrogen) atoms. The van der Waals surface area contributed by atoms with Crippen LogP contribution >= 0.6 is 11.6 Å². The number of pyridine rings is 2. The van der Waals surface area contributed by atoms with Crippen LogP contribution in [0.2, 0.25) is 5.02 Å². The fourth-order valence-electron chi connectivity index (χ4n) is 4.02. The molecule has 10 heteroatoms. The molecule has 3 heterocycles. The fourth-order valence-corrected chi connectivity index (χ4v) is 4.27. The van der Waals surface area contributed by atoms with Crippen LogP contribution in [0.15, 0.2) is 48.8 Å². The summed E-state index contributed by atoms with van der Waals surface area (Å²) in [6.45, 7) is 1.69. The summed E-state index contributed by atoms with van der Waals surface area (Å²) in [7, 11) is 1.20. The Morgan fingerprint density at radius 1 is 1.03 bits per heavy atom. The third kappa shape index (κ3) is 3.28. The molecule has 0 aliphatic heterocycles. The van der Waals surface area contributed by atoms with Crippen LogP contribution < -0.4 is 0 Å². The van der Waals surface area contributed by atoms with Crippen LogP contribution in [0, 0.1) is 24.5 Å². The molecule has 2 aromatic carbocycles. The molecular weight excluding hydrogens is 469 g/mol. The van der Waals surface area contributed by atoms with Crippen molar-refractivity contribution in [3.63, 3.8) is 0 Å². The summed E-state index contributed by atoms with van der Waals surface area (Å²) >= 11 is 6.41. The molecule has 0 atom stereocenters. The zero-order valence-electron chi connectivity index (χ0n) is 17.7. The van der Waals surface area contributed by atoms with Crippen LogP contribution in [0.5, 0.6) is 0 Å². The van der Waals surface area contributed by atoms with Gasteiger partial charge in [0.15, 0.2) is 5.82 Å². The first-order chi connectivity index (χ1) is 16.3. The van der Waals surface area contributed by atoms with E-state index in [0.717, 1.165) is 6.20 Å². The number of imidazole rings is 1. The first-order valence-electron chi connectivity index (χ1n) is 9.96. The number of hydrogen-bond acceptors (Lipinski definition) is 5. The van der Waals surface area contributed by atoms with Gasteiger partial charge in [0.05, 0.1) is 28.9 Å². The standard InChI is InChI=1S/C24H14ClF3N4O2/c1-11-31-21-14(24(33)34-2)9-12(13-5-7-30-23(28)20(13)27)10-18(21)32(11)17-6-8-29-22-16(26)4-3-15(25)19(17)22/h3-10H,1-2H3. The number of carbonyl (C=O) groups is 1. The average Bonchev–Trinajstić information content (AvgIpc) is 3.17. The van der Waals surface area contributed by atoms with Gasteiger partial charge in [0.25, 0.3) is 0 Å². The second kappa shape index (κ2) is 8.11. The number of aromatic nitrogens is 4. The van der Waals surface area contributed by atoms with Crippen LogP contribution in [0.25, 0.3) is 38.8 Å². The van der Waals surface area contributed by atoms with Gasteiger partial charge in [0.2, 0.25) is 5.95 Å². The predicted molar refractivity (Wildman–Crippen MR) is 121 cm³/mol. The Labute approximate surface area is 195 Å². The molecule has 170 valence electrons. The van der Waals surface area contributed by atoms with Gasteiger partial charge in [-0.1, -0.05) is 11.6 Å². The molecule has 0 amide bonds. The molecule has 6 nitrogen and oxygen atoms in total. The Morgan fingerprint density at radius 3 is 2.56 bits per heavy atom. The summed E-state index contributed by atoms with van der Waals surface area (Å²) in [6, 6.07) is 8.48. The minimum absolute atomic E-state index is 0.0455. The highest BCUT2D eigenvalue weighted by Gasteiger charge is 2.23. The first kappa shape index (κ1) is 21.8. The van der Waals surface area contributed by atoms with Gasteiger partial charge in [-0.3, -0.25) is 9.55 Å². The van der Waals surface area contributed by atoms with E-state index in [1.54, 1.807) is 23.6 Å². The van der Waals surface area contributed by atoms with Crippen LogP contribution in [0.1, 0.15) is 16.2 Å². The molecule has 0 fully saturated rings. The van der Waals surface area contributed by atoms with Crippen molar-refractivity contribution in [3.05, 3.63) is 82.8 Å². The second-order valence-electron chi connectivity index (χ2n) is 7.42. The van der Waals surface area contributed by atoms with Gasteiger partial charge in [-0.2, -0.15) is 4.39 Å². The number of benzene rings is 2. The lowest BCUT2D eigenvalue weighted by atomic mass is 10.0. The number of fused-ring (bicyclic) bond motifs is 2. The number of halogens is 4. The summed E-state index contributed by atoms with van der Waals surface area (Å²) in [5.74, 6) is -3.28. The van der Waals surface area contributed by atoms with Crippen molar-refractivity contribution < 1.29 is 22.7 Å². The summed E-state index contributed by atoms with van der Waals surface area (Å²) in [5, 5.41) is 0.588. The highest BCUT2D eigenvalue weighted by Crippen LogP contribution is 2.36. The summed E-state index contributed by atoms with van der Waals surface area (Å²) in [6.07, 6.45) is 2.54. The van der Waals surface area contributed by atoms with E-state index in [1.807, 2.05) is 0 Å². The fraction of sp³-hybridized carbons (Fsp3) is 0.0833. The Kier molecular flexibility index (Phi) is 5.21. The van der Waals surface area contributed by atoms with Gasteiger partial charge in [-0.15, -0.1) is 0 Å². The molecule has 0 radical (unpaired) electrons. The number of methoxy groups -OCH3 is 1. The topological polar surface area (TPSA) is 69.9 Å². The van der Waals surface area contributed by atoms with Gasteiger partial charge in [-0.05, 0) is 48.9 Å². The van der Waals surface area contributed by atoms with Crippen LogP contribution in [-0.2, 0) is 4.74 Å². The summed E-state index contributed by atoms with van der Waals surface area (Å²) in [4.78, 5) is 24.5. The third-order valence-electron chi connectivity index (χ3n) is 5.50. The Hall–Kier alpha value is -3.98. The SMILES string of the molecule is COC(=O)c1cc(-c2ccnc(F)c2F)cc2c1nc(C)n2-c1ccnc2c(F)ccc(Cl)c12. The van der Waals surface area contributed by atoms with Crippen molar-refractivity contribution in [2.24, 2.45) is 0 Å². The molecule has 5 rings (SSSR count). The zero-order valence-corrected chi connectivity index (χ0v) is 18.5. The second-order valence-corrected chi connectivity index (χ2v) is 7.83. The van der Waals surface area contributed by atoms with Crippen molar-refractivity contribution in [2.75, 3.05) is 7.11 Å². The number of carbonyl (C=O) groups excluding carboxylic acids is 1. The van der Waals surface area contributed by atoms with E-state index in [-0.39, 0.29) is 32.7 Å². The largest absolute Gasteiger partial charge is 0.465 e. The molecule has 0 saturated carbocycles. The maximum atomic E-state index is 14.6. The Bertz CT molecular complexity index is 1630. The van der Waals surface area contributed by atoms with Crippen molar-refractivity contribution in [3.8, 4) is 16.8 Å². The average molecular weight is 483 g/mol. The maximum Gasteiger partial charge on any atom is 0.340 e. The number of esters is 1. The van der Waals surface area contributed by atoms with Crippen molar-refractivity contribution in [1.82, 2.24) is 19.5 Å². The van der Waals surface area contributed by atoms with E-state index >= 15 is 0 Å². The van der Waals surface area contributed by atoms with Gasteiger partial charge in [0, 0.05) is 23.3 Å². The van der Waals surface area contributed by atoms with Crippen LogP contribution in [0.3, 0.4) is 0 Å². The minimum Gasteiger partial charge on any atom is -0.465 e. The van der Waals surface area contributed by atoms with E-state index in [4.69, 9.17) is 16.3 Å². The normalized spacial score (nSPS) is 11.4. The van der Waals surface area contributed by atoms with E-state index in [9.17, 15) is 18.0 Å². The molecule has 0 bridgehead atoms.